The molecule has 2 atom stereocenters. The third-order valence-electron chi connectivity index (χ3n) is 2.35. The molecule has 0 aliphatic heterocycles. The van der Waals surface area contributed by atoms with Gasteiger partial charge in [-0.05, 0) is 19.9 Å². The van der Waals surface area contributed by atoms with Crippen LogP contribution in [-0.4, -0.2) is 28.1 Å². The molecule has 0 bridgehead atoms. The van der Waals surface area contributed by atoms with Crippen molar-refractivity contribution in [2.45, 2.75) is 39.0 Å². The lowest BCUT2D eigenvalue weighted by Crippen LogP contribution is -2.14. The summed E-state index contributed by atoms with van der Waals surface area (Å²) in [6.07, 6.45) is 1.87. The second kappa shape index (κ2) is 5.12. The topological polar surface area (TPSA) is 47.3 Å². The number of aryl methyl sites for hydroxylation is 1. The fourth-order valence-corrected chi connectivity index (χ4v) is 1.42. The number of hydrogen-bond donors (Lipinski definition) is 1. The molecule has 1 aromatic heterocycles. The van der Waals surface area contributed by atoms with Crippen molar-refractivity contribution in [2.24, 2.45) is 0 Å². The average Bonchev–Trinajstić information content (AvgIpc) is 2.65. The highest BCUT2D eigenvalue weighted by Gasteiger charge is 2.15. The van der Waals surface area contributed by atoms with Gasteiger partial charge in [-0.1, -0.05) is 0 Å². The van der Waals surface area contributed by atoms with Gasteiger partial charge in [0.2, 0.25) is 0 Å². The van der Waals surface area contributed by atoms with Crippen LogP contribution >= 0.6 is 0 Å². The molecule has 1 N–H and O–H groups in total. The summed E-state index contributed by atoms with van der Waals surface area (Å²) < 4.78 is 6.90. The van der Waals surface area contributed by atoms with E-state index >= 15 is 0 Å². The Morgan fingerprint density at radius 3 is 2.93 bits per heavy atom. The molecule has 2 unspecified atom stereocenters. The molecule has 0 amide bonds. The van der Waals surface area contributed by atoms with Crippen molar-refractivity contribution in [1.29, 1.82) is 0 Å². The van der Waals surface area contributed by atoms with E-state index in [1.165, 1.54) is 0 Å². The number of ether oxygens (including phenoxy) is 1. The molecule has 1 aromatic rings. The van der Waals surface area contributed by atoms with Crippen molar-refractivity contribution in [2.75, 3.05) is 7.11 Å². The molecular weight excluding hydrogens is 180 g/mol. The van der Waals surface area contributed by atoms with Gasteiger partial charge in [-0.25, -0.2) is 0 Å². The number of aliphatic hydroxyl groups is 1. The second-order valence-electron chi connectivity index (χ2n) is 3.37. The predicted molar refractivity (Wildman–Crippen MR) is 53.9 cm³/mol. The Hall–Kier alpha value is -0.870. The highest BCUT2D eigenvalue weighted by atomic mass is 16.5. The first-order chi connectivity index (χ1) is 6.69. The first-order valence-corrected chi connectivity index (χ1v) is 4.91. The quantitative estimate of drug-likeness (QED) is 0.777. The summed E-state index contributed by atoms with van der Waals surface area (Å²) in [5.41, 5.74) is 0.858. The zero-order valence-corrected chi connectivity index (χ0v) is 8.97. The van der Waals surface area contributed by atoms with Crippen molar-refractivity contribution in [3.05, 3.63) is 18.0 Å². The van der Waals surface area contributed by atoms with E-state index < -0.39 is 6.10 Å². The molecule has 0 saturated carbocycles. The Labute approximate surface area is 84.5 Å². The highest BCUT2D eigenvalue weighted by Crippen LogP contribution is 2.18. The lowest BCUT2D eigenvalue weighted by molar-refractivity contribution is 0.0524. The zero-order chi connectivity index (χ0) is 10.6. The van der Waals surface area contributed by atoms with E-state index in [0.717, 1.165) is 12.2 Å². The number of methoxy groups -OCH3 is 1. The van der Waals surface area contributed by atoms with Crippen LogP contribution in [0.3, 0.4) is 0 Å². The number of aliphatic hydroxyl groups excluding tert-OH is 1. The number of hydrogen-bond acceptors (Lipinski definition) is 3. The summed E-state index contributed by atoms with van der Waals surface area (Å²) in [5.74, 6) is 0. The van der Waals surface area contributed by atoms with E-state index in [2.05, 4.69) is 5.10 Å². The molecule has 4 heteroatoms. The van der Waals surface area contributed by atoms with Crippen molar-refractivity contribution in [3.63, 3.8) is 0 Å². The monoisotopic (exact) mass is 198 g/mol. The number of rotatable bonds is 5. The molecule has 14 heavy (non-hydrogen) atoms. The molecule has 80 valence electrons. The predicted octanol–water partition coefficient (Wildman–Crippen LogP) is 1.36. The summed E-state index contributed by atoms with van der Waals surface area (Å²) in [7, 11) is 1.65. The van der Waals surface area contributed by atoms with Crippen LogP contribution in [0.25, 0.3) is 0 Å². The maximum atomic E-state index is 9.88. The SMILES string of the molecule is CCn1nccc1C(O)CC(C)OC. The molecule has 1 heterocycles. The van der Waals surface area contributed by atoms with Gasteiger partial charge in [-0.3, -0.25) is 4.68 Å². The Bertz CT molecular complexity index is 273. The van der Waals surface area contributed by atoms with Crippen LogP contribution in [0, 0.1) is 0 Å². The van der Waals surface area contributed by atoms with Gasteiger partial charge in [0, 0.05) is 26.3 Å². The van der Waals surface area contributed by atoms with Gasteiger partial charge in [0.1, 0.15) is 0 Å². The molecule has 1 rings (SSSR count). The van der Waals surface area contributed by atoms with Gasteiger partial charge in [-0.2, -0.15) is 5.10 Å². The minimum Gasteiger partial charge on any atom is -0.387 e. The average molecular weight is 198 g/mol. The molecule has 0 aromatic carbocycles. The third kappa shape index (κ3) is 2.56. The van der Waals surface area contributed by atoms with Gasteiger partial charge in [0.05, 0.1) is 17.9 Å². The Morgan fingerprint density at radius 2 is 2.36 bits per heavy atom. The van der Waals surface area contributed by atoms with Crippen LogP contribution in [0.4, 0.5) is 0 Å². The molecule has 0 aliphatic rings. The Morgan fingerprint density at radius 1 is 1.64 bits per heavy atom. The molecule has 0 spiro atoms. The Kier molecular flexibility index (Phi) is 4.10. The number of aromatic nitrogens is 2. The van der Waals surface area contributed by atoms with Crippen molar-refractivity contribution < 1.29 is 9.84 Å². The molecular formula is C10H18N2O2. The molecule has 0 aliphatic carbocycles. The maximum Gasteiger partial charge on any atom is 0.0981 e. The minimum absolute atomic E-state index is 0.0604. The van der Waals surface area contributed by atoms with Crippen molar-refractivity contribution in [1.82, 2.24) is 9.78 Å². The van der Waals surface area contributed by atoms with Crippen LogP contribution in [0.15, 0.2) is 12.3 Å². The fraction of sp³-hybridized carbons (Fsp3) is 0.700. The molecule has 4 nitrogen and oxygen atoms in total. The first-order valence-electron chi connectivity index (χ1n) is 4.91. The third-order valence-corrected chi connectivity index (χ3v) is 2.35. The van der Waals surface area contributed by atoms with Gasteiger partial charge >= 0.3 is 0 Å². The van der Waals surface area contributed by atoms with Gasteiger partial charge in [-0.15, -0.1) is 0 Å². The van der Waals surface area contributed by atoms with Crippen molar-refractivity contribution in [3.8, 4) is 0 Å². The lowest BCUT2D eigenvalue weighted by atomic mass is 10.1. The standard InChI is InChI=1S/C10H18N2O2/c1-4-12-9(5-6-11-12)10(13)7-8(2)14-3/h5-6,8,10,13H,4,7H2,1-3H3. The van der Waals surface area contributed by atoms with E-state index in [1.807, 2.05) is 19.9 Å². The zero-order valence-electron chi connectivity index (χ0n) is 8.97. The maximum absolute atomic E-state index is 9.88. The second-order valence-corrected chi connectivity index (χ2v) is 3.37. The van der Waals surface area contributed by atoms with Gasteiger partial charge < -0.3 is 9.84 Å². The normalized spacial score (nSPS) is 15.4. The van der Waals surface area contributed by atoms with E-state index in [-0.39, 0.29) is 6.10 Å². The lowest BCUT2D eigenvalue weighted by Gasteiger charge is -2.16. The Balaban J connectivity index is 2.64. The number of nitrogens with zero attached hydrogens (tertiary/aromatic N) is 2. The summed E-state index contributed by atoms with van der Waals surface area (Å²) >= 11 is 0. The van der Waals surface area contributed by atoms with Crippen LogP contribution in [0.1, 0.15) is 32.1 Å². The van der Waals surface area contributed by atoms with E-state index in [9.17, 15) is 5.11 Å². The van der Waals surface area contributed by atoms with E-state index in [0.29, 0.717) is 6.42 Å². The smallest absolute Gasteiger partial charge is 0.0981 e. The highest BCUT2D eigenvalue weighted by molar-refractivity contribution is 5.04. The summed E-state index contributed by atoms with van der Waals surface area (Å²) in [6.45, 7) is 4.72. The largest absolute Gasteiger partial charge is 0.387 e. The summed E-state index contributed by atoms with van der Waals surface area (Å²) in [5, 5.41) is 14.0. The first kappa shape index (κ1) is 11.2. The van der Waals surface area contributed by atoms with E-state index in [1.54, 1.807) is 18.0 Å². The van der Waals surface area contributed by atoms with Crippen molar-refractivity contribution >= 4 is 0 Å². The van der Waals surface area contributed by atoms with Crippen LogP contribution in [0.5, 0.6) is 0 Å². The molecule has 0 saturated heterocycles. The van der Waals surface area contributed by atoms with Crippen LogP contribution in [-0.2, 0) is 11.3 Å². The van der Waals surface area contributed by atoms with Gasteiger partial charge in [0.15, 0.2) is 0 Å². The summed E-state index contributed by atoms with van der Waals surface area (Å²) in [6, 6.07) is 1.84. The van der Waals surface area contributed by atoms with Crippen LogP contribution < -0.4 is 0 Å². The summed E-state index contributed by atoms with van der Waals surface area (Å²) in [4.78, 5) is 0. The minimum atomic E-state index is -0.493. The van der Waals surface area contributed by atoms with E-state index in [4.69, 9.17) is 4.74 Å². The molecule has 0 radical (unpaired) electrons. The van der Waals surface area contributed by atoms with Crippen LogP contribution in [0.2, 0.25) is 0 Å². The molecule has 0 fully saturated rings. The fourth-order valence-electron chi connectivity index (χ4n) is 1.42. The van der Waals surface area contributed by atoms with Gasteiger partial charge in [0.25, 0.3) is 0 Å².